The molecule has 0 aromatic carbocycles. The van der Waals surface area contributed by atoms with Gasteiger partial charge in [-0.05, 0) is 50.7 Å². The maximum absolute atomic E-state index is 12.7. The van der Waals surface area contributed by atoms with Crippen LogP contribution >= 0.6 is 0 Å². The molecule has 1 unspecified atom stereocenters. The zero-order valence-corrected chi connectivity index (χ0v) is 14.6. The standard InChI is InChI=1S/C19H24N4O2/c1-12-10-23-11-14(7-8-17(23)20-12)21-18(24)15-9-13-5-3-2-4-6-16(13)22-19(15)25/h9-10,14H,2-8,11H2,1H3,(H,21,24)(H,22,25). The number of amides is 1. The molecule has 0 saturated carbocycles. The first-order valence-electron chi connectivity index (χ1n) is 9.19. The molecule has 25 heavy (non-hydrogen) atoms. The van der Waals surface area contributed by atoms with Crippen molar-refractivity contribution in [3.05, 3.63) is 51.0 Å². The average Bonchev–Trinajstić information content (AvgIpc) is 2.80. The summed E-state index contributed by atoms with van der Waals surface area (Å²) in [6.45, 7) is 2.69. The molecule has 2 N–H and O–H groups in total. The van der Waals surface area contributed by atoms with Crippen molar-refractivity contribution < 1.29 is 4.79 Å². The van der Waals surface area contributed by atoms with E-state index in [-0.39, 0.29) is 23.1 Å². The highest BCUT2D eigenvalue weighted by atomic mass is 16.2. The Balaban J connectivity index is 1.52. The first-order valence-corrected chi connectivity index (χ1v) is 9.19. The van der Waals surface area contributed by atoms with Crippen LogP contribution in [0.2, 0.25) is 0 Å². The van der Waals surface area contributed by atoms with E-state index in [1.54, 1.807) is 0 Å². The summed E-state index contributed by atoms with van der Waals surface area (Å²) in [4.78, 5) is 32.5. The number of nitrogens with one attached hydrogen (secondary N) is 2. The third-order valence-corrected chi connectivity index (χ3v) is 5.28. The Kier molecular flexibility index (Phi) is 4.19. The fourth-order valence-corrected chi connectivity index (χ4v) is 3.99. The van der Waals surface area contributed by atoms with Crippen LogP contribution in [0.25, 0.3) is 0 Å². The van der Waals surface area contributed by atoms with Crippen LogP contribution < -0.4 is 10.9 Å². The molecule has 1 aliphatic carbocycles. The summed E-state index contributed by atoms with van der Waals surface area (Å²) in [6.07, 6.45) is 8.94. The lowest BCUT2D eigenvalue weighted by Gasteiger charge is -2.24. The van der Waals surface area contributed by atoms with Gasteiger partial charge in [0.25, 0.3) is 11.5 Å². The first-order chi connectivity index (χ1) is 12.1. The predicted octanol–water partition coefficient (Wildman–Crippen LogP) is 1.89. The van der Waals surface area contributed by atoms with Gasteiger partial charge in [0.05, 0.1) is 5.69 Å². The molecule has 4 rings (SSSR count). The summed E-state index contributed by atoms with van der Waals surface area (Å²) in [5, 5.41) is 3.04. The van der Waals surface area contributed by atoms with Gasteiger partial charge in [-0.3, -0.25) is 9.59 Å². The molecule has 3 heterocycles. The van der Waals surface area contributed by atoms with E-state index in [1.165, 1.54) is 6.42 Å². The van der Waals surface area contributed by atoms with Gasteiger partial charge in [-0.2, -0.15) is 0 Å². The highest BCUT2D eigenvalue weighted by molar-refractivity contribution is 5.94. The summed E-state index contributed by atoms with van der Waals surface area (Å²) in [7, 11) is 0. The van der Waals surface area contributed by atoms with E-state index in [0.717, 1.165) is 61.3 Å². The van der Waals surface area contributed by atoms with Crippen molar-refractivity contribution >= 4 is 5.91 Å². The SMILES string of the molecule is Cc1cn2c(n1)CCC(NC(=O)c1cc3c([nH]c1=O)CCCCC3)C2. The van der Waals surface area contributed by atoms with Crippen molar-refractivity contribution in [1.29, 1.82) is 0 Å². The molecule has 2 aromatic heterocycles. The Bertz CT molecular complexity index is 865. The molecule has 6 nitrogen and oxygen atoms in total. The Morgan fingerprint density at radius 2 is 2.12 bits per heavy atom. The third-order valence-electron chi connectivity index (χ3n) is 5.28. The Hall–Kier alpha value is -2.37. The van der Waals surface area contributed by atoms with Gasteiger partial charge >= 0.3 is 0 Å². The second-order valence-electron chi connectivity index (χ2n) is 7.24. The summed E-state index contributed by atoms with van der Waals surface area (Å²) in [5.74, 6) is 0.810. The van der Waals surface area contributed by atoms with Crippen LogP contribution in [-0.4, -0.2) is 26.5 Å². The molecule has 0 bridgehead atoms. The van der Waals surface area contributed by atoms with E-state index >= 15 is 0 Å². The van der Waals surface area contributed by atoms with Gasteiger partial charge in [-0.15, -0.1) is 0 Å². The maximum Gasteiger partial charge on any atom is 0.261 e. The molecule has 132 valence electrons. The van der Waals surface area contributed by atoms with Crippen molar-refractivity contribution in [3.63, 3.8) is 0 Å². The molecule has 1 amide bonds. The minimum Gasteiger partial charge on any atom is -0.347 e. The van der Waals surface area contributed by atoms with Gasteiger partial charge in [0.15, 0.2) is 0 Å². The summed E-state index contributed by atoms with van der Waals surface area (Å²) in [5.41, 5.74) is 3.11. The number of nitrogens with zero attached hydrogens (tertiary/aromatic N) is 2. The van der Waals surface area contributed by atoms with Crippen molar-refractivity contribution in [2.75, 3.05) is 0 Å². The number of imidazole rings is 1. The number of carbonyl (C=O) groups is 1. The molecule has 0 fully saturated rings. The molecule has 1 atom stereocenters. The van der Waals surface area contributed by atoms with Crippen molar-refractivity contribution in [1.82, 2.24) is 19.9 Å². The number of hydrogen-bond acceptors (Lipinski definition) is 3. The molecule has 0 saturated heterocycles. The number of pyridine rings is 1. The van der Waals surface area contributed by atoms with Crippen LogP contribution in [0.15, 0.2) is 17.1 Å². The maximum atomic E-state index is 12.7. The molecule has 0 radical (unpaired) electrons. The topological polar surface area (TPSA) is 79.8 Å². The smallest absolute Gasteiger partial charge is 0.261 e. The van der Waals surface area contributed by atoms with Gasteiger partial charge in [-0.1, -0.05) is 6.42 Å². The van der Waals surface area contributed by atoms with E-state index in [0.29, 0.717) is 6.54 Å². The Labute approximate surface area is 146 Å². The number of rotatable bonds is 2. The highest BCUT2D eigenvalue weighted by Crippen LogP contribution is 2.19. The lowest BCUT2D eigenvalue weighted by atomic mass is 10.0. The number of aromatic amines is 1. The van der Waals surface area contributed by atoms with Crippen molar-refractivity contribution in [2.45, 2.75) is 64.5 Å². The van der Waals surface area contributed by atoms with Crippen molar-refractivity contribution in [3.8, 4) is 0 Å². The summed E-state index contributed by atoms with van der Waals surface area (Å²) in [6, 6.07) is 1.84. The van der Waals surface area contributed by atoms with Gasteiger partial charge in [0.2, 0.25) is 0 Å². The van der Waals surface area contributed by atoms with Gasteiger partial charge in [-0.25, -0.2) is 4.98 Å². The quantitative estimate of drug-likeness (QED) is 0.820. The molecule has 2 aromatic rings. The van der Waals surface area contributed by atoms with Gasteiger partial charge in [0, 0.05) is 30.9 Å². The van der Waals surface area contributed by atoms with Crippen LogP contribution in [0.5, 0.6) is 0 Å². The zero-order chi connectivity index (χ0) is 17.4. The van der Waals surface area contributed by atoms with Crippen LogP contribution in [-0.2, 0) is 25.8 Å². The molecule has 2 aliphatic rings. The molecule has 0 spiro atoms. The minimum absolute atomic E-state index is 0.0341. The van der Waals surface area contributed by atoms with E-state index < -0.39 is 0 Å². The molecular formula is C19H24N4O2. The van der Waals surface area contributed by atoms with E-state index in [4.69, 9.17) is 0 Å². The number of aryl methyl sites for hydroxylation is 4. The lowest BCUT2D eigenvalue weighted by molar-refractivity contribution is 0.0926. The van der Waals surface area contributed by atoms with Crippen LogP contribution in [0.4, 0.5) is 0 Å². The number of H-pyrrole nitrogens is 1. The van der Waals surface area contributed by atoms with E-state index in [9.17, 15) is 9.59 Å². The minimum atomic E-state index is -0.270. The van der Waals surface area contributed by atoms with Gasteiger partial charge < -0.3 is 14.9 Å². The van der Waals surface area contributed by atoms with Crippen molar-refractivity contribution in [2.24, 2.45) is 0 Å². The summed E-state index contributed by atoms with van der Waals surface area (Å²) < 4.78 is 2.10. The van der Waals surface area contributed by atoms with Crippen LogP contribution in [0, 0.1) is 6.92 Å². The number of fused-ring (bicyclic) bond motifs is 2. The predicted molar refractivity (Wildman–Crippen MR) is 94.9 cm³/mol. The van der Waals surface area contributed by atoms with Crippen LogP contribution in [0.1, 0.15) is 58.8 Å². The number of carbonyl (C=O) groups excluding carboxylic acids is 1. The van der Waals surface area contributed by atoms with E-state index in [1.807, 2.05) is 19.2 Å². The normalized spacial score (nSPS) is 19.6. The van der Waals surface area contributed by atoms with E-state index in [2.05, 4.69) is 19.9 Å². The monoisotopic (exact) mass is 340 g/mol. The molecular weight excluding hydrogens is 316 g/mol. The Morgan fingerprint density at radius 1 is 1.28 bits per heavy atom. The zero-order valence-electron chi connectivity index (χ0n) is 14.6. The third kappa shape index (κ3) is 3.25. The lowest BCUT2D eigenvalue weighted by Crippen LogP contribution is -2.42. The Morgan fingerprint density at radius 3 is 3.00 bits per heavy atom. The fourth-order valence-electron chi connectivity index (χ4n) is 3.99. The second kappa shape index (κ2) is 6.50. The molecule has 6 heteroatoms. The van der Waals surface area contributed by atoms with Crippen LogP contribution in [0.3, 0.4) is 0 Å². The fraction of sp³-hybridized carbons (Fsp3) is 0.526. The highest BCUT2D eigenvalue weighted by Gasteiger charge is 2.23. The first kappa shape index (κ1) is 16.1. The molecule has 1 aliphatic heterocycles. The number of aromatic nitrogens is 3. The number of hydrogen-bond donors (Lipinski definition) is 2. The second-order valence-corrected chi connectivity index (χ2v) is 7.24. The largest absolute Gasteiger partial charge is 0.347 e. The van der Waals surface area contributed by atoms with Gasteiger partial charge in [0.1, 0.15) is 11.4 Å². The summed E-state index contributed by atoms with van der Waals surface area (Å²) >= 11 is 0. The average molecular weight is 340 g/mol.